The first-order valence-corrected chi connectivity index (χ1v) is 8.52. The number of nitrogens with zero attached hydrogens (tertiary/aromatic N) is 2. The van der Waals surface area contributed by atoms with Crippen LogP contribution in [0.15, 0.2) is 33.8 Å². The van der Waals surface area contributed by atoms with Crippen molar-refractivity contribution in [2.24, 2.45) is 4.99 Å². The number of guanidine groups is 1. The maximum Gasteiger partial charge on any atom is 0.191 e. The van der Waals surface area contributed by atoms with Gasteiger partial charge < -0.3 is 20.1 Å². The molecule has 0 amide bonds. The monoisotopic (exact) mass is 339 g/mol. The lowest BCUT2D eigenvalue weighted by Gasteiger charge is -2.12. The molecule has 0 spiro atoms. The third-order valence-corrected chi connectivity index (χ3v) is 4.53. The number of aliphatic imine (C=N–C) groups is 1. The van der Waals surface area contributed by atoms with Crippen LogP contribution in [-0.4, -0.2) is 29.7 Å². The number of hydrogen-bond acceptors (Lipinski definition) is 3. The summed E-state index contributed by atoms with van der Waals surface area (Å²) in [7, 11) is 1.78. The van der Waals surface area contributed by atoms with E-state index in [1.54, 1.807) is 7.05 Å². The molecule has 0 aliphatic rings. The first kappa shape index (κ1) is 17.1. The van der Waals surface area contributed by atoms with Gasteiger partial charge >= 0.3 is 0 Å². The van der Waals surface area contributed by atoms with Crippen molar-refractivity contribution >= 4 is 16.9 Å². The molecule has 3 N–H and O–H groups in total. The van der Waals surface area contributed by atoms with Crippen molar-refractivity contribution in [1.29, 1.82) is 0 Å². The molecule has 132 valence electrons. The van der Waals surface area contributed by atoms with Crippen LogP contribution in [-0.2, 0) is 13.0 Å². The summed E-state index contributed by atoms with van der Waals surface area (Å²) in [4.78, 5) is 7.73. The van der Waals surface area contributed by atoms with Gasteiger partial charge in [0.15, 0.2) is 5.96 Å². The minimum Gasteiger partial charge on any atom is -0.361 e. The molecule has 3 rings (SSSR count). The van der Waals surface area contributed by atoms with E-state index in [4.69, 9.17) is 4.52 Å². The Hall–Kier alpha value is -2.76. The molecular weight excluding hydrogens is 314 g/mol. The Morgan fingerprint density at radius 2 is 1.96 bits per heavy atom. The normalized spacial score (nSPS) is 11.9. The second kappa shape index (κ2) is 7.42. The standard InChI is InChI=1S/C19H25N5O/c1-12-15(16-7-5-6-8-18(16)23-12)9-10-21-19(20-4)22-11-17-13(2)24-25-14(17)3/h5-8,23H,9-11H2,1-4H3,(H2,20,21,22). The van der Waals surface area contributed by atoms with Crippen molar-refractivity contribution in [3.63, 3.8) is 0 Å². The van der Waals surface area contributed by atoms with E-state index >= 15 is 0 Å². The summed E-state index contributed by atoms with van der Waals surface area (Å²) >= 11 is 0. The molecule has 3 aromatic rings. The van der Waals surface area contributed by atoms with E-state index in [-0.39, 0.29) is 0 Å². The Kier molecular flexibility index (Phi) is 5.07. The van der Waals surface area contributed by atoms with Crippen LogP contribution in [0, 0.1) is 20.8 Å². The summed E-state index contributed by atoms with van der Waals surface area (Å²) in [6.07, 6.45) is 0.932. The number of aromatic nitrogens is 2. The highest BCUT2D eigenvalue weighted by Crippen LogP contribution is 2.21. The minimum absolute atomic E-state index is 0.646. The van der Waals surface area contributed by atoms with E-state index in [2.05, 4.69) is 57.0 Å². The molecule has 2 aromatic heterocycles. The number of aryl methyl sites for hydroxylation is 3. The SMILES string of the molecule is CN=C(NCCc1c(C)[nH]c2ccccc12)NCc1c(C)noc1C. The zero-order valence-electron chi connectivity index (χ0n) is 15.2. The van der Waals surface area contributed by atoms with Crippen molar-refractivity contribution in [3.8, 4) is 0 Å². The van der Waals surface area contributed by atoms with E-state index in [0.717, 1.165) is 35.9 Å². The summed E-state index contributed by atoms with van der Waals surface area (Å²) < 4.78 is 5.19. The molecule has 0 unspecified atom stereocenters. The van der Waals surface area contributed by atoms with Crippen LogP contribution >= 0.6 is 0 Å². The Morgan fingerprint density at radius 3 is 2.68 bits per heavy atom. The van der Waals surface area contributed by atoms with Crippen molar-refractivity contribution in [3.05, 3.63) is 52.5 Å². The molecule has 0 saturated heterocycles. The summed E-state index contributed by atoms with van der Waals surface area (Å²) in [6, 6.07) is 8.42. The van der Waals surface area contributed by atoms with Crippen LogP contribution < -0.4 is 10.6 Å². The average Bonchev–Trinajstić information content (AvgIpc) is 3.10. The van der Waals surface area contributed by atoms with E-state index in [9.17, 15) is 0 Å². The summed E-state index contributed by atoms with van der Waals surface area (Å²) in [6.45, 7) is 7.45. The topological polar surface area (TPSA) is 78.2 Å². The highest BCUT2D eigenvalue weighted by atomic mass is 16.5. The van der Waals surface area contributed by atoms with Crippen molar-refractivity contribution < 1.29 is 4.52 Å². The smallest absolute Gasteiger partial charge is 0.191 e. The van der Waals surface area contributed by atoms with Crippen LogP contribution in [0.3, 0.4) is 0 Å². The molecule has 0 atom stereocenters. The van der Waals surface area contributed by atoms with Crippen molar-refractivity contribution in [2.45, 2.75) is 33.7 Å². The van der Waals surface area contributed by atoms with Gasteiger partial charge in [0.2, 0.25) is 0 Å². The quantitative estimate of drug-likeness (QED) is 0.493. The van der Waals surface area contributed by atoms with E-state index in [1.165, 1.54) is 22.2 Å². The van der Waals surface area contributed by atoms with Gasteiger partial charge in [0, 0.05) is 42.3 Å². The molecule has 0 aliphatic carbocycles. The lowest BCUT2D eigenvalue weighted by Crippen LogP contribution is -2.38. The molecule has 0 fully saturated rings. The Morgan fingerprint density at radius 1 is 1.16 bits per heavy atom. The van der Waals surface area contributed by atoms with Crippen LogP contribution in [0.1, 0.15) is 28.3 Å². The summed E-state index contributed by atoms with van der Waals surface area (Å²) in [5, 5.41) is 12.0. The van der Waals surface area contributed by atoms with Gasteiger partial charge in [-0.1, -0.05) is 23.4 Å². The molecule has 0 aliphatic heterocycles. The van der Waals surface area contributed by atoms with Gasteiger partial charge in [0.05, 0.1) is 5.69 Å². The predicted octanol–water partition coefficient (Wildman–Crippen LogP) is 2.99. The molecule has 0 saturated carbocycles. The first-order chi connectivity index (χ1) is 12.1. The third kappa shape index (κ3) is 3.68. The number of hydrogen-bond donors (Lipinski definition) is 3. The summed E-state index contributed by atoms with van der Waals surface area (Å²) in [5.74, 6) is 1.62. The highest BCUT2D eigenvalue weighted by molar-refractivity contribution is 5.84. The van der Waals surface area contributed by atoms with Crippen LogP contribution in [0.5, 0.6) is 0 Å². The number of benzene rings is 1. The molecule has 6 heteroatoms. The largest absolute Gasteiger partial charge is 0.361 e. The Bertz CT molecular complexity index is 871. The van der Waals surface area contributed by atoms with Gasteiger partial charge in [-0.05, 0) is 38.8 Å². The number of H-pyrrole nitrogens is 1. The first-order valence-electron chi connectivity index (χ1n) is 8.52. The number of aromatic amines is 1. The summed E-state index contributed by atoms with van der Waals surface area (Å²) in [5.41, 5.74) is 5.76. The fourth-order valence-electron chi connectivity index (χ4n) is 3.11. The second-order valence-electron chi connectivity index (χ2n) is 6.18. The lowest BCUT2D eigenvalue weighted by molar-refractivity contribution is 0.392. The molecule has 0 radical (unpaired) electrons. The van der Waals surface area contributed by atoms with Crippen LogP contribution in [0.4, 0.5) is 0 Å². The van der Waals surface area contributed by atoms with Gasteiger partial charge in [-0.2, -0.15) is 0 Å². The molecule has 25 heavy (non-hydrogen) atoms. The van der Waals surface area contributed by atoms with Gasteiger partial charge in [0.25, 0.3) is 0 Å². The zero-order valence-corrected chi connectivity index (χ0v) is 15.2. The van der Waals surface area contributed by atoms with Crippen molar-refractivity contribution in [1.82, 2.24) is 20.8 Å². The lowest BCUT2D eigenvalue weighted by atomic mass is 10.1. The molecule has 0 bridgehead atoms. The molecule has 1 aromatic carbocycles. The van der Waals surface area contributed by atoms with E-state index < -0.39 is 0 Å². The van der Waals surface area contributed by atoms with Crippen molar-refractivity contribution in [2.75, 3.05) is 13.6 Å². The van der Waals surface area contributed by atoms with Gasteiger partial charge in [-0.3, -0.25) is 4.99 Å². The third-order valence-electron chi connectivity index (χ3n) is 4.53. The minimum atomic E-state index is 0.646. The van der Waals surface area contributed by atoms with Crippen LogP contribution in [0.2, 0.25) is 0 Å². The number of rotatable bonds is 5. The maximum absolute atomic E-state index is 5.19. The number of fused-ring (bicyclic) bond motifs is 1. The van der Waals surface area contributed by atoms with Gasteiger partial charge in [0.1, 0.15) is 5.76 Å². The second-order valence-corrected chi connectivity index (χ2v) is 6.18. The Labute approximate surface area is 147 Å². The Balaban J connectivity index is 1.57. The average molecular weight is 339 g/mol. The fraction of sp³-hybridized carbons (Fsp3) is 0.368. The van der Waals surface area contributed by atoms with Crippen LogP contribution in [0.25, 0.3) is 10.9 Å². The van der Waals surface area contributed by atoms with Gasteiger partial charge in [-0.15, -0.1) is 0 Å². The highest BCUT2D eigenvalue weighted by Gasteiger charge is 2.10. The zero-order chi connectivity index (χ0) is 17.8. The predicted molar refractivity (Wildman–Crippen MR) is 101 cm³/mol. The maximum atomic E-state index is 5.19. The van der Waals surface area contributed by atoms with Gasteiger partial charge in [-0.25, -0.2) is 0 Å². The molecule has 2 heterocycles. The van der Waals surface area contributed by atoms with E-state index in [0.29, 0.717) is 6.54 Å². The molecular formula is C19H25N5O. The fourth-order valence-corrected chi connectivity index (χ4v) is 3.11. The van der Waals surface area contributed by atoms with E-state index in [1.807, 2.05) is 13.8 Å². The molecule has 6 nitrogen and oxygen atoms in total. The number of nitrogens with one attached hydrogen (secondary N) is 3. The number of para-hydroxylation sites is 1.